The van der Waals surface area contributed by atoms with E-state index >= 15 is 0 Å². The summed E-state index contributed by atoms with van der Waals surface area (Å²) in [4.78, 5) is 2.24. The Bertz CT molecular complexity index is 212. The van der Waals surface area contributed by atoms with E-state index in [1.807, 2.05) is 0 Å². The SMILES string of the molecule is CN(C)C[C@H]1[C@H](CO)[C@@H]2C=C[C@H]1C2. The van der Waals surface area contributed by atoms with Gasteiger partial charge in [0.2, 0.25) is 0 Å². The summed E-state index contributed by atoms with van der Waals surface area (Å²) in [6, 6.07) is 0. The van der Waals surface area contributed by atoms with Gasteiger partial charge in [0.15, 0.2) is 0 Å². The van der Waals surface area contributed by atoms with Crippen molar-refractivity contribution in [1.29, 1.82) is 0 Å². The van der Waals surface area contributed by atoms with Gasteiger partial charge >= 0.3 is 0 Å². The summed E-state index contributed by atoms with van der Waals surface area (Å²) in [7, 11) is 4.23. The first-order valence-electron chi connectivity index (χ1n) is 5.16. The van der Waals surface area contributed by atoms with E-state index in [1.165, 1.54) is 6.42 Å². The molecule has 0 aromatic rings. The molecule has 0 amide bonds. The zero-order valence-electron chi connectivity index (χ0n) is 8.48. The Morgan fingerprint density at radius 1 is 1.23 bits per heavy atom. The number of allylic oxidation sites excluding steroid dienone is 2. The molecule has 0 aliphatic heterocycles. The molecule has 1 N–H and O–H groups in total. The molecule has 2 nitrogen and oxygen atoms in total. The molecular formula is C11H19NO. The molecule has 0 saturated heterocycles. The molecule has 0 aromatic carbocycles. The zero-order valence-corrected chi connectivity index (χ0v) is 8.48. The van der Waals surface area contributed by atoms with Gasteiger partial charge in [0.1, 0.15) is 0 Å². The predicted octanol–water partition coefficient (Wildman–Crippen LogP) is 0.979. The standard InChI is InChI=1S/C11H19NO/c1-12(2)6-10-8-3-4-9(5-8)11(10)7-13/h3-4,8-11,13H,5-7H2,1-2H3/t8-,9+,10+,11+/m0/s1. The van der Waals surface area contributed by atoms with E-state index in [0.29, 0.717) is 24.4 Å². The highest BCUT2D eigenvalue weighted by Gasteiger charge is 2.43. The van der Waals surface area contributed by atoms with E-state index in [4.69, 9.17) is 0 Å². The summed E-state index contributed by atoms with van der Waals surface area (Å²) in [5, 5.41) is 9.32. The Balaban J connectivity index is 2.05. The van der Waals surface area contributed by atoms with Crippen LogP contribution in [0.1, 0.15) is 6.42 Å². The third kappa shape index (κ3) is 1.53. The van der Waals surface area contributed by atoms with E-state index in [2.05, 4.69) is 31.1 Å². The van der Waals surface area contributed by atoms with E-state index in [-0.39, 0.29) is 0 Å². The number of aliphatic hydroxyl groups is 1. The fraction of sp³-hybridized carbons (Fsp3) is 0.818. The van der Waals surface area contributed by atoms with Crippen molar-refractivity contribution >= 4 is 0 Å². The molecule has 2 bridgehead atoms. The van der Waals surface area contributed by atoms with Gasteiger partial charge in [-0.25, -0.2) is 0 Å². The van der Waals surface area contributed by atoms with Crippen molar-refractivity contribution in [2.75, 3.05) is 27.2 Å². The van der Waals surface area contributed by atoms with E-state index in [1.54, 1.807) is 0 Å². The Morgan fingerprint density at radius 3 is 2.38 bits per heavy atom. The molecule has 1 saturated carbocycles. The first-order chi connectivity index (χ1) is 6.22. The van der Waals surface area contributed by atoms with Crippen LogP contribution in [0.3, 0.4) is 0 Å². The van der Waals surface area contributed by atoms with E-state index in [0.717, 1.165) is 12.5 Å². The highest BCUT2D eigenvalue weighted by molar-refractivity contribution is 5.13. The zero-order chi connectivity index (χ0) is 9.42. The fourth-order valence-electron chi connectivity index (χ4n) is 2.99. The number of rotatable bonds is 3. The van der Waals surface area contributed by atoms with Crippen molar-refractivity contribution in [3.05, 3.63) is 12.2 Å². The fourth-order valence-corrected chi connectivity index (χ4v) is 2.99. The summed E-state index contributed by atoms with van der Waals surface area (Å²) in [6.07, 6.45) is 5.94. The van der Waals surface area contributed by atoms with Gasteiger partial charge < -0.3 is 10.0 Å². The second kappa shape index (κ2) is 3.43. The molecular weight excluding hydrogens is 162 g/mol. The molecule has 0 aromatic heterocycles. The molecule has 2 heteroatoms. The second-order valence-corrected chi connectivity index (χ2v) is 4.72. The van der Waals surface area contributed by atoms with Crippen LogP contribution in [0.15, 0.2) is 12.2 Å². The maximum Gasteiger partial charge on any atom is 0.0468 e. The predicted molar refractivity (Wildman–Crippen MR) is 53.4 cm³/mol. The normalized spacial score (nSPS) is 42.2. The lowest BCUT2D eigenvalue weighted by molar-refractivity contribution is 0.143. The first kappa shape index (κ1) is 9.22. The van der Waals surface area contributed by atoms with Crippen molar-refractivity contribution in [1.82, 2.24) is 4.90 Å². The molecule has 0 spiro atoms. The minimum atomic E-state index is 0.365. The monoisotopic (exact) mass is 181 g/mol. The molecule has 0 heterocycles. The van der Waals surface area contributed by atoms with Crippen LogP contribution in [0, 0.1) is 23.7 Å². The number of aliphatic hydroxyl groups excluding tert-OH is 1. The highest BCUT2D eigenvalue weighted by atomic mass is 16.3. The van der Waals surface area contributed by atoms with Gasteiger partial charge in [0.25, 0.3) is 0 Å². The lowest BCUT2D eigenvalue weighted by Gasteiger charge is -2.28. The van der Waals surface area contributed by atoms with Crippen LogP contribution in [0.5, 0.6) is 0 Å². The van der Waals surface area contributed by atoms with Crippen LogP contribution in [0.4, 0.5) is 0 Å². The van der Waals surface area contributed by atoms with E-state index < -0.39 is 0 Å². The minimum absolute atomic E-state index is 0.365. The Hall–Kier alpha value is -0.340. The third-order valence-corrected chi connectivity index (χ3v) is 3.59. The molecule has 2 aliphatic rings. The van der Waals surface area contributed by atoms with Gasteiger partial charge in [-0.05, 0) is 44.2 Å². The van der Waals surface area contributed by atoms with Crippen LogP contribution >= 0.6 is 0 Å². The van der Waals surface area contributed by atoms with Gasteiger partial charge in [-0.15, -0.1) is 0 Å². The average molecular weight is 181 g/mol. The third-order valence-electron chi connectivity index (χ3n) is 3.59. The van der Waals surface area contributed by atoms with E-state index in [9.17, 15) is 5.11 Å². The number of nitrogens with zero attached hydrogens (tertiary/aromatic N) is 1. The molecule has 4 atom stereocenters. The molecule has 13 heavy (non-hydrogen) atoms. The number of hydrogen-bond acceptors (Lipinski definition) is 2. The summed E-state index contributed by atoms with van der Waals surface area (Å²) < 4.78 is 0. The maximum absolute atomic E-state index is 9.32. The average Bonchev–Trinajstić information content (AvgIpc) is 2.62. The van der Waals surface area contributed by atoms with Crippen molar-refractivity contribution < 1.29 is 5.11 Å². The smallest absolute Gasteiger partial charge is 0.0468 e. The maximum atomic E-state index is 9.32. The van der Waals surface area contributed by atoms with Crippen LogP contribution in [0.2, 0.25) is 0 Å². The highest BCUT2D eigenvalue weighted by Crippen LogP contribution is 2.47. The second-order valence-electron chi connectivity index (χ2n) is 4.72. The lowest BCUT2D eigenvalue weighted by Crippen LogP contribution is -2.32. The summed E-state index contributed by atoms with van der Waals surface area (Å²) in [5.74, 6) is 2.62. The van der Waals surface area contributed by atoms with Crippen molar-refractivity contribution in [3.63, 3.8) is 0 Å². The minimum Gasteiger partial charge on any atom is -0.396 e. The summed E-state index contributed by atoms with van der Waals surface area (Å²) >= 11 is 0. The first-order valence-corrected chi connectivity index (χ1v) is 5.16. The number of hydrogen-bond donors (Lipinski definition) is 1. The largest absolute Gasteiger partial charge is 0.396 e. The molecule has 0 radical (unpaired) electrons. The Kier molecular flexibility index (Phi) is 2.43. The quantitative estimate of drug-likeness (QED) is 0.656. The van der Waals surface area contributed by atoms with Gasteiger partial charge in [-0.2, -0.15) is 0 Å². The van der Waals surface area contributed by atoms with Gasteiger partial charge in [0, 0.05) is 13.2 Å². The molecule has 1 fully saturated rings. The van der Waals surface area contributed by atoms with Gasteiger partial charge in [0.05, 0.1) is 0 Å². The van der Waals surface area contributed by atoms with Crippen molar-refractivity contribution in [3.8, 4) is 0 Å². The molecule has 0 unspecified atom stereocenters. The molecule has 2 aliphatic carbocycles. The topological polar surface area (TPSA) is 23.5 Å². The van der Waals surface area contributed by atoms with Crippen LogP contribution in [0.25, 0.3) is 0 Å². The molecule has 2 rings (SSSR count). The summed E-state index contributed by atoms with van der Waals surface area (Å²) in [5.41, 5.74) is 0. The van der Waals surface area contributed by atoms with Gasteiger partial charge in [-0.3, -0.25) is 0 Å². The lowest BCUT2D eigenvalue weighted by atomic mass is 9.83. The van der Waals surface area contributed by atoms with Crippen LogP contribution < -0.4 is 0 Å². The Morgan fingerprint density at radius 2 is 1.85 bits per heavy atom. The Labute approximate surface area is 80.2 Å². The summed E-state index contributed by atoms with van der Waals surface area (Å²) in [6.45, 7) is 1.49. The molecule has 74 valence electrons. The van der Waals surface area contributed by atoms with Crippen molar-refractivity contribution in [2.45, 2.75) is 6.42 Å². The van der Waals surface area contributed by atoms with Crippen LogP contribution in [-0.2, 0) is 0 Å². The van der Waals surface area contributed by atoms with Crippen molar-refractivity contribution in [2.24, 2.45) is 23.7 Å². The van der Waals surface area contributed by atoms with Crippen LogP contribution in [-0.4, -0.2) is 37.3 Å². The number of fused-ring (bicyclic) bond motifs is 2. The van der Waals surface area contributed by atoms with Gasteiger partial charge in [-0.1, -0.05) is 12.2 Å².